The summed E-state index contributed by atoms with van der Waals surface area (Å²) in [4.78, 5) is 0. The van der Waals surface area contributed by atoms with Gasteiger partial charge < -0.3 is 5.11 Å². The van der Waals surface area contributed by atoms with Crippen LogP contribution in [0.15, 0.2) is 11.4 Å². The smallest absolute Gasteiger partial charge is 0.0986 e. The van der Waals surface area contributed by atoms with E-state index in [2.05, 4.69) is 20.8 Å². The first-order valence-corrected chi connectivity index (χ1v) is 5.57. The molecule has 0 saturated carbocycles. The third kappa shape index (κ3) is 3.29. The van der Waals surface area contributed by atoms with E-state index in [9.17, 15) is 5.11 Å². The van der Waals surface area contributed by atoms with Gasteiger partial charge in [-0.15, -0.1) is 11.3 Å². The molecule has 0 aliphatic carbocycles. The second-order valence-corrected chi connectivity index (χ2v) is 5.95. The molecular formula is C10H15ClOS. The molecule has 1 aromatic heterocycles. The number of aliphatic hydroxyl groups is 1. The Labute approximate surface area is 88.4 Å². The monoisotopic (exact) mass is 218 g/mol. The van der Waals surface area contributed by atoms with Crippen molar-refractivity contribution in [3.05, 3.63) is 21.3 Å². The van der Waals surface area contributed by atoms with Gasteiger partial charge in [-0.2, -0.15) is 0 Å². The van der Waals surface area contributed by atoms with Crippen LogP contribution in [0.5, 0.6) is 0 Å². The maximum atomic E-state index is 9.85. The van der Waals surface area contributed by atoms with Crippen molar-refractivity contribution in [1.29, 1.82) is 0 Å². The Morgan fingerprint density at radius 3 is 2.54 bits per heavy atom. The summed E-state index contributed by atoms with van der Waals surface area (Å²) in [6.45, 7) is 6.32. The minimum Gasteiger partial charge on any atom is -0.388 e. The summed E-state index contributed by atoms with van der Waals surface area (Å²) in [6.07, 6.45) is 0.308. The lowest BCUT2D eigenvalue weighted by Gasteiger charge is -2.21. The first-order valence-electron chi connectivity index (χ1n) is 4.31. The van der Waals surface area contributed by atoms with E-state index in [4.69, 9.17) is 11.6 Å². The van der Waals surface area contributed by atoms with Crippen LogP contribution >= 0.6 is 22.9 Å². The summed E-state index contributed by atoms with van der Waals surface area (Å²) < 4.78 is 0.705. The molecule has 74 valence electrons. The molecular weight excluding hydrogens is 204 g/mol. The Kier molecular flexibility index (Phi) is 3.38. The van der Waals surface area contributed by atoms with Crippen LogP contribution in [-0.4, -0.2) is 5.11 Å². The zero-order chi connectivity index (χ0) is 10.1. The largest absolute Gasteiger partial charge is 0.388 e. The molecule has 0 aliphatic rings. The summed E-state index contributed by atoms with van der Waals surface area (Å²) in [5.74, 6) is 0. The second kappa shape index (κ2) is 3.99. The summed E-state index contributed by atoms with van der Waals surface area (Å²) in [5.41, 5.74) is 0.992. The minimum absolute atomic E-state index is 0.130. The first-order chi connectivity index (χ1) is 5.90. The number of hydrogen-bond donors (Lipinski definition) is 1. The van der Waals surface area contributed by atoms with Gasteiger partial charge in [-0.1, -0.05) is 32.4 Å². The van der Waals surface area contributed by atoms with E-state index < -0.39 is 6.10 Å². The van der Waals surface area contributed by atoms with Gasteiger partial charge in [0.2, 0.25) is 0 Å². The van der Waals surface area contributed by atoms with Crippen molar-refractivity contribution in [2.75, 3.05) is 0 Å². The van der Waals surface area contributed by atoms with Crippen LogP contribution < -0.4 is 0 Å². The van der Waals surface area contributed by atoms with Crippen molar-refractivity contribution in [2.45, 2.75) is 33.3 Å². The minimum atomic E-state index is -0.432. The van der Waals surface area contributed by atoms with Gasteiger partial charge in [0, 0.05) is 5.56 Å². The predicted molar refractivity (Wildman–Crippen MR) is 58.4 cm³/mol. The van der Waals surface area contributed by atoms with E-state index in [1.54, 1.807) is 0 Å². The van der Waals surface area contributed by atoms with Gasteiger partial charge in [-0.05, 0) is 23.3 Å². The Morgan fingerprint density at radius 2 is 2.15 bits per heavy atom. The third-order valence-electron chi connectivity index (χ3n) is 1.81. The Bertz CT molecular complexity index is 275. The molecule has 1 unspecified atom stereocenters. The van der Waals surface area contributed by atoms with Crippen LogP contribution in [0.2, 0.25) is 4.34 Å². The second-order valence-electron chi connectivity index (χ2n) is 4.43. The highest BCUT2D eigenvalue weighted by molar-refractivity contribution is 7.14. The zero-order valence-electron chi connectivity index (χ0n) is 8.17. The average molecular weight is 219 g/mol. The van der Waals surface area contributed by atoms with Gasteiger partial charge in [0.05, 0.1) is 10.4 Å². The molecule has 0 aliphatic heterocycles. The summed E-state index contributed by atoms with van der Waals surface area (Å²) >= 11 is 7.39. The van der Waals surface area contributed by atoms with Crippen molar-refractivity contribution >= 4 is 22.9 Å². The SMILES string of the molecule is CC(C)(C)CC(O)c1ccsc1Cl. The van der Waals surface area contributed by atoms with Crippen LogP contribution in [0.4, 0.5) is 0 Å². The fourth-order valence-electron chi connectivity index (χ4n) is 1.23. The van der Waals surface area contributed by atoms with E-state index in [0.717, 1.165) is 12.0 Å². The van der Waals surface area contributed by atoms with Gasteiger partial charge in [-0.25, -0.2) is 0 Å². The molecule has 1 rings (SSSR count). The molecule has 1 N–H and O–H groups in total. The zero-order valence-corrected chi connectivity index (χ0v) is 9.75. The number of halogens is 1. The summed E-state index contributed by atoms with van der Waals surface area (Å²) in [5, 5.41) is 11.8. The molecule has 1 atom stereocenters. The van der Waals surface area contributed by atoms with Gasteiger partial charge >= 0.3 is 0 Å². The number of rotatable bonds is 2. The Morgan fingerprint density at radius 1 is 1.54 bits per heavy atom. The maximum absolute atomic E-state index is 9.85. The van der Waals surface area contributed by atoms with Crippen LogP contribution in [0, 0.1) is 5.41 Å². The standard InChI is InChI=1S/C10H15ClOS/c1-10(2,3)6-8(12)7-4-5-13-9(7)11/h4-5,8,12H,6H2,1-3H3. The molecule has 0 radical (unpaired) electrons. The molecule has 1 heterocycles. The topological polar surface area (TPSA) is 20.2 Å². The molecule has 0 fully saturated rings. The summed E-state index contributed by atoms with van der Waals surface area (Å²) in [7, 11) is 0. The van der Waals surface area contributed by atoms with Gasteiger partial charge in [0.25, 0.3) is 0 Å². The van der Waals surface area contributed by atoms with E-state index in [0.29, 0.717) is 4.34 Å². The quantitative estimate of drug-likeness (QED) is 0.799. The highest BCUT2D eigenvalue weighted by Gasteiger charge is 2.20. The van der Waals surface area contributed by atoms with Gasteiger partial charge in [0.15, 0.2) is 0 Å². The Balaban J connectivity index is 2.69. The average Bonchev–Trinajstić information content (AvgIpc) is 2.30. The van der Waals surface area contributed by atoms with Crippen molar-refractivity contribution in [2.24, 2.45) is 5.41 Å². The molecule has 1 nitrogen and oxygen atoms in total. The molecule has 0 saturated heterocycles. The molecule has 0 bridgehead atoms. The lowest BCUT2D eigenvalue weighted by Crippen LogP contribution is -2.11. The molecule has 0 spiro atoms. The highest BCUT2D eigenvalue weighted by Crippen LogP contribution is 2.35. The molecule has 13 heavy (non-hydrogen) atoms. The van der Waals surface area contributed by atoms with Gasteiger partial charge in [0.1, 0.15) is 0 Å². The van der Waals surface area contributed by atoms with Gasteiger partial charge in [-0.3, -0.25) is 0 Å². The van der Waals surface area contributed by atoms with Crippen LogP contribution in [0.1, 0.15) is 38.9 Å². The van der Waals surface area contributed by atoms with E-state index in [1.165, 1.54) is 11.3 Å². The molecule has 0 aromatic carbocycles. The molecule has 3 heteroatoms. The molecule has 0 amide bonds. The highest BCUT2D eigenvalue weighted by atomic mass is 35.5. The van der Waals surface area contributed by atoms with Crippen LogP contribution in [0.3, 0.4) is 0 Å². The van der Waals surface area contributed by atoms with Crippen molar-refractivity contribution in [3.63, 3.8) is 0 Å². The van der Waals surface area contributed by atoms with Crippen molar-refractivity contribution in [3.8, 4) is 0 Å². The van der Waals surface area contributed by atoms with Crippen molar-refractivity contribution in [1.82, 2.24) is 0 Å². The lowest BCUT2D eigenvalue weighted by molar-refractivity contribution is 0.123. The lowest BCUT2D eigenvalue weighted by atomic mass is 9.87. The van der Waals surface area contributed by atoms with E-state index in [-0.39, 0.29) is 5.41 Å². The van der Waals surface area contributed by atoms with Crippen LogP contribution in [0.25, 0.3) is 0 Å². The predicted octanol–water partition coefficient (Wildman–Crippen LogP) is 3.87. The number of aliphatic hydroxyl groups excluding tert-OH is 1. The summed E-state index contributed by atoms with van der Waals surface area (Å²) in [6, 6.07) is 1.89. The fourth-order valence-corrected chi connectivity index (χ4v) is 2.25. The van der Waals surface area contributed by atoms with E-state index in [1.807, 2.05) is 11.4 Å². The number of hydrogen-bond acceptors (Lipinski definition) is 2. The molecule has 1 aromatic rings. The number of thiophene rings is 1. The van der Waals surface area contributed by atoms with E-state index >= 15 is 0 Å². The van der Waals surface area contributed by atoms with Crippen molar-refractivity contribution < 1.29 is 5.11 Å². The normalized spacial score (nSPS) is 14.5. The van der Waals surface area contributed by atoms with Crippen LogP contribution in [-0.2, 0) is 0 Å². The first kappa shape index (κ1) is 11.0. The Hall–Kier alpha value is -0.0500. The fraction of sp³-hybridized carbons (Fsp3) is 0.600. The third-order valence-corrected chi connectivity index (χ3v) is 3.01. The maximum Gasteiger partial charge on any atom is 0.0986 e.